The molecule has 2 aromatic rings. The molecule has 1 amide bonds. The van der Waals surface area contributed by atoms with Gasteiger partial charge in [-0.05, 0) is 30.3 Å². The first-order valence-electron chi connectivity index (χ1n) is 5.94. The third kappa shape index (κ3) is 3.54. The fraction of sp³-hybridized carbons (Fsp3) is 0.214. The van der Waals surface area contributed by atoms with Crippen molar-refractivity contribution in [2.45, 2.75) is 0 Å². The Morgan fingerprint density at radius 3 is 2.85 bits per heavy atom. The molecule has 0 saturated carbocycles. The number of rotatable bonds is 5. The van der Waals surface area contributed by atoms with Crippen LogP contribution < -0.4 is 5.32 Å². The molecular weight excluding hydrogens is 301 g/mol. The van der Waals surface area contributed by atoms with E-state index in [0.717, 1.165) is 0 Å². The number of hydrogen-bond acceptors (Lipinski definition) is 3. The summed E-state index contributed by atoms with van der Waals surface area (Å²) in [5, 5.41) is 3.73. The number of nitrogens with one attached hydrogen (secondary N) is 1. The summed E-state index contributed by atoms with van der Waals surface area (Å²) in [5.41, 5.74) is 0.648. The van der Waals surface area contributed by atoms with Crippen LogP contribution in [0, 0.1) is 0 Å². The molecule has 20 heavy (non-hydrogen) atoms. The van der Waals surface area contributed by atoms with Gasteiger partial charge < -0.3 is 14.5 Å². The van der Waals surface area contributed by atoms with Crippen LogP contribution in [0.5, 0.6) is 0 Å². The highest BCUT2D eigenvalue weighted by Crippen LogP contribution is 2.31. The van der Waals surface area contributed by atoms with Crippen molar-refractivity contribution in [3.8, 4) is 11.3 Å². The van der Waals surface area contributed by atoms with E-state index in [-0.39, 0.29) is 11.7 Å². The maximum absolute atomic E-state index is 11.8. The molecule has 4 nitrogen and oxygen atoms in total. The first-order chi connectivity index (χ1) is 9.61. The predicted octanol–water partition coefficient (Wildman–Crippen LogP) is 3.63. The molecule has 6 heteroatoms. The summed E-state index contributed by atoms with van der Waals surface area (Å²) in [6.07, 6.45) is 0. The molecule has 1 heterocycles. The van der Waals surface area contributed by atoms with Gasteiger partial charge in [-0.3, -0.25) is 4.79 Å². The number of carbonyl (C=O) groups excluding carboxylic acids is 1. The highest BCUT2D eigenvalue weighted by molar-refractivity contribution is 6.35. The van der Waals surface area contributed by atoms with E-state index < -0.39 is 0 Å². The number of benzene rings is 1. The standard InChI is InChI=1S/C14H13Cl2NO3/c1-19-7-6-17-14(18)13-5-4-12(20-13)10-8-9(15)2-3-11(10)16/h2-5,8H,6-7H2,1H3,(H,17,18). The largest absolute Gasteiger partial charge is 0.451 e. The molecule has 0 radical (unpaired) electrons. The molecule has 1 N–H and O–H groups in total. The van der Waals surface area contributed by atoms with E-state index in [0.29, 0.717) is 34.5 Å². The van der Waals surface area contributed by atoms with Gasteiger partial charge in [0, 0.05) is 24.2 Å². The van der Waals surface area contributed by atoms with Crippen molar-refractivity contribution < 1.29 is 13.9 Å². The third-order valence-corrected chi connectivity index (χ3v) is 3.18. The lowest BCUT2D eigenvalue weighted by atomic mass is 10.2. The maximum Gasteiger partial charge on any atom is 0.287 e. The zero-order chi connectivity index (χ0) is 14.5. The fourth-order valence-corrected chi connectivity index (χ4v) is 2.03. The fourth-order valence-electron chi connectivity index (χ4n) is 1.64. The number of ether oxygens (including phenoxy) is 1. The number of methoxy groups -OCH3 is 1. The minimum atomic E-state index is -0.300. The van der Waals surface area contributed by atoms with Crippen molar-refractivity contribution in [3.63, 3.8) is 0 Å². The Labute approximate surface area is 126 Å². The van der Waals surface area contributed by atoms with E-state index in [1.165, 1.54) is 0 Å². The van der Waals surface area contributed by atoms with Gasteiger partial charge in [-0.25, -0.2) is 0 Å². The lowest BCUT2D eigenvalue weighted by Crippen LogP contribution is -2.26. The van der Waals surface area contributed by atoms with Gasteiger partial charge in [0.05, 0.1) is 11.6 Å². The zero-order valence-corrected chi connectivity index (χ0v) is 12.3. The van der Waals surface area contributed by atoms with Gasteiger partial charge in [0.2, 0.25) is 0 Å². The van der Waals surface area contributed by atoms with Crippen LogP contribution in [-0.2, 0) is 4.74 Å². The highest BCUT2D eigenvalue weighted by atomic mass is 35.5. The first-order valence-corrected chi connectivity index (χ1v) is 6.70. The lowest BCUT2D eigenvalue weighted by molar-refractivity contribution is 0.0910. The molecule has 0 fully saturated rings. The molecule has 0 spiro atoms. The predicted molar refractivity (Wildman–Crippen MR) is 78.4 cm³/mol. The summed E-state index contributed by atoms with van der Waals surface area (Å²) in [6.45, 7) is 0.864. The maximum atomic E-state index is 11.8. The van der Waals surface area contributed by atoms with Crippen molar-refractivity contribution >= 4 is 29.1 Å². The van der Waals surface area contributed by atoms with Crippen LogP contribution in [0.1, 0.15) is 10.6 Å². The van der Waals surface area contributed by atoms with E-state index >= 15 is 0 Å². The Morgan fingerprint density at radius 2 is 2.10 bits per heavy atom. The van der Waals surface area contributed by atoms with Gasteiger partial charge >= 0.3 is 0 Å². The van der Waals surface area contributed by atoms with E-state index in [4.69, 9.17) is 32.4 Å². The minimum Gasteiger partial charge on any atom is -0.451 e. The van der Waals surface area contributed by atoms with Gasteiger partial charge in [0.25, 0.3) is 5.91 Å². The summed E-state index contributed by atoms with van der Waals surface area (Å²) in [7, 11) is 1.57. The summed E-state index contributed by atoms with van der Waals surface area (Å²) in [6, 6.07) is 8.33. The Morgan fingerprint density at radius 1 is 1.30 bits per heavy atom. The van der Waals surface area contributed by atoms with Crippen molar-refractivity contribution in [2.24, 2.45) is 0 Å². The van der Waals surface area contributed by atoms with Gasteiger partial charge in [0.1, 0.15) is 5.76 Å². The second kappa shape index (κ2) is 6.79. The molecule has 0 bridgehead atoms. The molecule has 0 aliphatic carbocycles. The minimum absolute atomic E-state index is 0.215. The molecule has 106 valence electrons. The molecule has 1 aromatic heterocycles. The average Bonchev–Trinajstić information content (AvgIpc) is 2.91. The Balaban J connectivity index is 2.16. The SMILES string of the molecule is COCCNC(=O)c1ccc(-c2cc(Cl)ccc2Cl)o1. The lowest BCUT2D eigenvalue weighted by Gasteiger charge is -2.03. The molecule has 2 rings (SSSR count). The second-order valence-electron chi connectivity index (χ2n) is 4.04. The Hall–Kier alpha value is -1.49. The highest BCUT2D eigenvalue weighted by Gasteiger charge is 2.13. The van der Waals surface area contributed by atoms with E-state index in [1.54, 1.807) is 37.4 Å². The summed E-state index contributed by atoms with van der Waals surface area (Å²) in [4.78, 5) is 11.8. The molecular formula is C14H13Cl2NO3. The number of halogens is 2. The van der Waals surface area contributed by atoms with Gasteiger partial charge in [-0.15, -0.1) is 0 Å². The van der Waals surface area contributed by atoms with E-state index in [9.17, 15) is 4.79 Å². The van der Waals surface area contributed by atoms with Crippen LogP contribution in [0.4, 0.5) is 0 Å². The normalized spacial score (nSPS) is 10.6. The molecule has 1 aromatic carbocycles. The van der Waals surface area contributed by atoms with E-state index in [2.05, 4.69) is 5.32 Å². The van der Waals surface area contributed by atoms with Crippen molar-refractivity contribution in [1.29, 1.82) is 0 Å². The van der Waals surface area contributed by atoms with Gasteiger partial charge in [0.15, 0.2) is 5.76 Å². The quantitative estimate of drug-likeness (QED) is 0.858. The van der Waals surface area contributed by atoms with Crippen LogP contribution in [0.2, 0.25) is 10.0 Å². The van der Waals surface area contributed by atoms with Crippen molar-refractivity contribution in [3.05, 3.63) is 46.1 Å². The number of carbonyl (C=O) groups is 1. The second-order valence-corrected chi connectivity index (χ2v) is 4.88. The Kier molecular flexibility index (Phi) is 5.06. The van der Waals surface area contributed by atoms with Crippen LogP contribution in [0.25, 0.3) is 11.3 Å². The molecule has 0 unspecified atom stereocenters. The summed E-state index contributed by atoms with van der Waals surface area (Å²) >= 11 is 12.0. The van der Waals surface area contributed by atoms with Crippen LogP contribution in [0.3, 0.4) is 0 Å². The topological polar surface area (TPSA) is 51.5 Å². The Bertz CT molecular complexity index is 610. The number of amides is 1. The summed E-state index contributed by atoms with van der Waals surface area (Å²) < 4.78 is 10.4. The first kappa shape index (κ1) is 14.9. The average molecular weight is 314 g/mol. The molecule has 0 aliphatic rings. The van der Waals surface area contributed by atoms with Crippen LogP contribution >= 0.6 is 23.2 Å². The zero-order valence-electron chi connectivity index (χ0n) is 10.8. The number of hydrogen-bond donors (Lipinski definition) is 1. The smallest absolute Gasteiger partial charge is 0.287 e. The van der Waals surface area contributed by atoms with Gasteiger partial charge in [-0.2, -0.15) is 0 Å². The van der Waals surface area contributed by atoms with Crippen LogP contribution in [0.15, 0.2) is 34.7 Å². The van der Waals surface area contributed by atoms with Crippen molar-refractivity contribution in [2.75, 3.05) is 20.3 Å². The molecule has 0 atom stereocenters. The third-order valence-electron chi connectivity index (χ3n) is 2.62. The van der Waals surface area contributed by atoms with Gasteiger partial charge in [-0.1, -0.05) is 23.2 Å². The van der Waals surface area contributed by atoms with Crippen molar-refractivity contribution in [1.82, 2.24) is 5.32 Å². The molecule has 0 saturated heterocycles. The molecule has 0 aliphatic heterocycles. The monoisotopic (exact) mass is 313 g/mol. The number of furan rings is 1. The summed E-state index contributed by atoms with van der Waals surface area (Å²) in [5.74, 6) is 0.410. The van der Waals surface area contributed by atoms with Crippen LogP contribution in [-0.4, -0.2) is 26.2 Å². The van der Waals surface area contributed by atoms with E-state index in [1.807, 2.05) is 0 Å².